The van der Waals surface area contributed by atoms with Crippen LogP contribution >= 0.6 is 11.6 Å². The number of rotatable bonds is 4. The number of hydrogen-bond acceptors (Lipinski definition) is 4. The van der Waals surface area contributed by atoms with E-state index in [9.17, 15) is 14.4 Å². The number of hydrogen-bond donors (Lipinski definition) is 0. The third kappa shape index (κ3) is 4.02. The van der Waals surface area contributed by atoms with E-state index in [0.29, 0.717) is 36.8 Å². The van der Waals surface area contributed by atoms with Gasteiger partial charge in [0.1, 0.15) is 0 Å². The van der Waals surface area contributed by atoms with Crippen molar-refractivity contribution in [2.75, 3.05) is 40.3 Å². The summed E-state index contributed by atoms with van der Waals surface area (Å²) in [5.74, 6) is -0.261. The van der Waals surface area contributed by atoms with Gasteiger partial charge in [0.15, 0.2) is 0 Å². The molecular formula is C23H25ClN4O3. The van der Waals surface area contributed by atoms with Crippen molar-refractivity contribution in [1.29, 1.82) is 0 Å². The first-order valence-corrected chi connectivity index (χ1v) is 10.6. The highest BCUT2D eigenvalue weighted by atomic mass is 35.5. The van der Waals surface area contributed by atoms with E-state index in [1.807, 2.05) is 12.1 Å². The molecule has 2 aliphatic heterocycles. The SMILES string of the molecule is CN(C)C(=O)[C@@]12CN(C(=O)Cc3ccc(Cl)cc3)C[C@@H]1CN(C(=O)c1ccncc1)C2. The molecule has 7 nitrogen and oxygen atoms in total. The van der Waals surface area contributed by atoms with E-state index in [-0.39, 0.29) is 30.1 Å². The van der Waals surface area contributed by atoms with E-state index in [0.717, 1.165) is 5.56 Å². The number of likely N-dealkylation sites (tertiary alicyclic amines) is 2. The normalized spacial score (nSPS) is 22.4. The van der Waals surface area contributed by atoms with Gasteiger partial charge in [-0.2, -0.15) is 0 Å². The second-order valence-corrected chi connectivity index (χ2v) is 8.99. The number of carbonyl (C=O) groups is 3. The third-order valence-electron chi connectivity index (χ3n) is 6.28. The number of carbonyl (C=O) groups excluding carboxylic acids is 3. The van der Waals surface area contributed by atoms with E-state index in [1.54, 1.807) is 65.5 Å². The van der Waals surface area contributed by atoms with Crippen LogP contribution in [-0.2, 0) is 16.0 Å². The quantitative estimate of drug-likeness (QED) is 0.728. The lowest BCUT2D eigenvalue weighted by Gasteiger charge is -2.30. The van der Waals surface area contributed by atoms with Gasteiger partial charge in [0.05, 0.1) is 11.8 Å². The van der Waals surface area contributed by atoms with Gasteiger partial charge in [-0.05, 0) is 29.8 Å². The zero-order valence-corrected chi connectivity index (χ0v) is 18.4. The van der Waals surface area contributed by atoms with Crippen molar-refractivity contribution >= 4 is 29.3 Å². The van der Waals surface area contributed by atoms with Crippen LogP contribution in [0.15, 0.2) is 48.8 Å². The molecule has 31 heavy (non-hydrogen) atoms. The molecule has 0 bridgehead atoms. The summed E-state index contributed by atoms with van der Waals surface area (Å²) in [6.07, 6.45) is 3.43. The summed E-state index contributed by atoms with van der Waals surface area (Å²) in [6.45, 7) is 1.54. The topological polar surface area (TPSA) is 73.8 Å². The van der Waals surface area contributed by atoms with Crippen LogP contribution in [0.3, 0.4) is 0 Å². The Bertz CT molecular complexity index is 996. The fourth-order valence-electron chi connectivity index (χ4n) is 4.72. The van der Waals surface area contributed by atoms with Gasteiger partial charge in [-0.1, -0.05) is 23.7 Å². The molecule has 0 unspecified atom stereocenters. The minimum absolute atomic E-state index is 0.0188. The summed E-state index contributed by atoms with van der Waals surface area (Å²) < 4.78 is 0. The van der Waals surface area contributed by atoms with E-state index in [1.165, 1.54) is 0 Å². The Morgan fingerprint density at radius 1 is 1.03 bits per heavy atom. The lowest BCUT2D eigenvalue weighted by molar-refractivity contribution is -0.140. The lowest BCUT2D eigenvalue weighted by Crippen LogP contribution is -2.48. The highest BCUT2D eigenvalue weighted by Gasteiger charge is 2.59. The predicted octanol–water partition coefficient (Wildman–Crippen LogP) is 1.97. The van der Waals surface area contributed by atoms with Crippen LogP contribution in [0.1, 0.15) is 15.9 Å². The van der Waals surface area contributed by atoms with Crippen molar-refractivity contribution in [3.8, 4) is 0 Å². The second kappa shape index (κ2) is 8.30. The average Bonchev–Trinajstić information content (AvgIpc) is 3.30. The molecule has 1 aromatic heterocycles. The minimum Gasteiger partial charge on any atom is -0.348 e. The van der Waals surface area contributed by atoms with E-state index < -0.39 is 5.41 Å². The molecule has 2 atom stereocenters. The highest BCUT2D eigenvalue weighted by Crippen LogP contribution is 2.44. The first-order chi connectivity index (χ1) is 14.8. The standard InChI is InChI=1S/C23H25ClN4O3/c1-26(2)22(31)23-14-27(20(29)11-16-3-5-19(24)6-4-16)12-18(23)13-28(15-23)21(30)17-7-9-25-10-8-17/h3-10,18H,11-15H2,1-2H3/t18-,23-/m1/s1. The van der Waals surface area contributed by atoms with Gasteiger partial charge < -0.3 is 14.7 Å². The van der Waals surface area contributed by atoms with Crippen molar-refractivity contribution in [3.63, 3.8) is 0 Å². The zero-order chi connectivity index (χ0) is 22.2. The fraction of sp³-hybridized carbons (Fsp3) is 0.391. The predicted molar refractivity (Wildman–Crippen MR) is 116 cm³/mol. The number of halogens is 1. The van der Waals surface area contributed by atoms with Crippen molar-refractivity contribution in [1.82, 2.24) is 19.7 Å². The molecule has 162 valence electrons. The molecule has 8 heteroatoms. The van der Waals surface area contributed by atoms with Crippen LogP contribution in [-0.4, -0.2) is 77.7 Å². The summed E-state index contributed by atoms with van der Waals surface area (Å²) >= 11 is 5.93. The molecule has 1 aromatic carbocycles. The maximum absolute atomic E-state index is 13.2. The van der Waals surface area contributed by atoms with E-state index in [2.05, 4.69) is 4.98 Å². The largest absolute Gasteiger partial charge is 0.348 e. The van der Waals surface area contributed by atoms with Gasteiger partial charge in [0.2, 0.25) is 11.8 Å². The van der Waals surface area contributed by atoms with Gasteiger partial charge in [-0.3, -0.25) is 19.4 Å². The van der Waals surface area contributed by atoms with Crippen LogP contribution < -0.4 is 0 Å². The minimum atomic E-state index is -0.776. The molecule has 0 radical (unpaired) electrons. The monoisotopic (exact) mass is 440 g/mol. The van der Waals surface area contributed by atoms with Crippen LogP contribution in [0.2, 0.25) is 5.02 Å². The van der Waals surface area contributed by atoms with Crippen molar-refractivity contribution in [2.24, 2.45) is 11.3 Å². The molecule has 3 heterocycles. The number of benzene rings is 1. The fourth-order valence-corrected chi connectivity index (χ4v) is 4.85. The summed E-state index contributed by atoms with van der Waals surface area (Å²) in [7, 11) is 3.44. The summed E-state index contributed by atoms with van der Waals surface area (Å²) in [6, 6.07) is 10.6. The Balaban J connectivity index is 1.53. The Morgan fingerprint density at radius 3 is 2.29 bits per heavy atom. The molecule has 2 aromatic rings. The third-order valence-corrected chi connectivity index (χ3v) is 6.53. The van der Waals surface area contributed by atoms with E-state index in [4.69, 9.17) is 11.6 Å². The van der Waals surface area contributed by atoms with Gasteiger partial charge >= 0.3 is 0 Å². The van der Waals surface area contributed by atoms with E-state index >= 15 is 0 Å². The van der Waals surface area contributed by atoms with Gasteiger partial charge in [-0.15, -0.1) is 0 Å². The molecule has 0 aliphatic carbocycles. The van der Waals surface area contributed by atoms with Gasteiger partial charge in [-0.25, -0.2) is 0 Å². The maximum Gasteiger partial charge on any atom is 0.254 e. The van der Waals surface area contributed by atoms with Crippen molar-refractivity contribution in [3.05, 3.63) is 64.9 Å². The van der Waals surface area contributed by atoms with Gasteiger partial charge in [0, 0.05) is 69.2 Å². The van der Waals surface area contributed by atoms with Crippen LogP contribution in [0.4, 0.5) is 0 Å². The number of pyridine rings is 1. The maximum atomic E-state index is 13.2. The molecule has 2 saturated heterocycles. The summed E-state index contributed by atoms with van der Waals surface area (Å²) in [5, 5.41) is 0.626. The Hall–Kier alpha value is -2.93. The van der Waals surface area contributed by atoms with Crippen LogP contribution in [0, 0.1) is 11.3 Å². The Morgan fingerprint density at radius 2 is 1.65 bits per heavy atom. The molecule has 0 spiro atoms. The highest BCUT2D eigenvalue weighted by molar-refractivity contribution is 6.30. The van der Waals surface area contributed by atoms with Crippen molar-refractivity contribution in [2.45, 2.75) is 6.42 Å². The molecule has 0 N–H and O–H groups in total. The first kappa shape index (κ1) is 21.3. The molecular weight excluding hydrogens is 416 g/mol. The number of fused-ring (bicyclic) bond motifs is 1. The Kier molecular flexibility index (Phi) is 5.71. The molecule has 2 aliphatic rings. The average molecular weight is 441 g/mol. The number of nitrogens with zero attached hydrogens (tertiary/aromatic N) is 4. The van der Waals surface area contributed by atoms with Crippen LogP contribution in [0.25, 0.3) is 0 Å². The lowest BCUT2D eigenvalue weighted by atomic mass is 9.80. The molecule has 3 amide bonds. The molecule has 0 saturated carbocycles. The van der Waals surface area contributed by atoms with Gasteiger partial charge in [0.25, 0.3) is 5.91 Å². The Labute approximate surface area is 186 Å². The summed E-state index contributed by atoms with van der Waals surface area (Å²) in [5.41, 5.74) is 0.661. The number of aromatic nitrogens is 1. The number of amides is 3. The zero-order valence-electron chi connectivity index (χ0n) is 17.6. The molecule has 2 fully saturated rings. The first-order valence-electron chi connectivity index (χ1n) is 10.2. The summed E-state index contributed by atoms with van der Waals surface area (Å²) in [4.78, 5) is 48.2. The second-order valence-electron chi connectivity index (χ2n) is 8.55. The molecule has 4 rings (SSSR count). The van der Waals surface area contributed by atoms with Crippen LogP contribution in [0.5, 0.6) is 0 Å². The smallest absolute Gasteiger partial charge is 0.254 e. The van der Waals surface area contributed by atoms with Crippen molar-refractivity contribution < 1.29 is 14.4 Å².